The van der Waals surface area contributed by atoms with Gasteiger partial charge in [0, 0.05) is 27.2 Å². The van der Waals surface area contributed by atoms with Crippen molar-refractivity contribution in [3.05, 3.63) is 74.7 Å². The Balaban J connectivity index is 1.70. The lowest BCUT2D eigenvalue weighted by molar-refractivity contribution is -0.385. The van der Waals surface area contributed by atoms with E-state index in [1.54, 1.807) is 6.92 Å². The number of nitrogens with one attached hydrogen (secondary N) is 2. The highest BCUT2D eigenvalue weighted by Gasteiger charge is 2.18. The van der Waals surface area contributed by atoms with E-state index in [2.05, 4.69) is 31.8 Å². The summed E-state index contributed by atoms with van der Waals surface area (Å²) in [5.74, 6) is -0.934. The predicted octanol–water partition coefficient (Wildman–Crippen LogP) is 4.17. The van der Waals surface area contributed by atoms with Crippen LogP contribution in [0.1, 0.15) is 12.5 Å². The van der Waals surface area contributed by atoms with Crippen molar-refractivity contribution in [2.75, 3.05) is 5.32 Å². The number of phenols is 1. The molecule has 1 atom stereocenters. The number of hydrogen-bond acceptors (Lipinski definition) is 6. The minimum atomic E-state index is -0.702. The maximum atomic E-state index is 12.3. The molecule has 3 aromatic carbocycles. The summed E-state index contributed by atoms with van der Waals surface area (Å²) < 4.78 is 0.403. The molecule has 1 amide bonds. The standard InChI is InChI=1S/C20H17BrN4O4/c1-12(23-17-8-4-6-13-5-2-3-7-16(13)17)20(27)24-22-11-14-9-15(21)10-18(19(14)26)25(28)29/h2-12,23,26H,1H3,(H,24,27)/b22-11-/t12-/m0/s1. The van der Waals surface area contributed by atoms with E-state index in [4.69, 9.17) is 0 Å². The smallest absolute Gasteiger partial charge is 0.312 e. The highest BCUT2D eigenvalue weighted by Crippen LogP contribution is 2.32. The van der Waals surface area contributed by atoms with Gasteiger partial charge >= 0.3 is 5.69 Å². The molecular weight excluding hydrogens is 440 g/mol. The molecule has 0 aliphatic carbocycles. The highest BCUT2D eigenvalue weighted by molar-refractivity contribution is 9.10. The Hall–Kier alpha value is -3.46. The molecule has 0 heterocycles. The van der Waals surface area contributed by atoms with Crippen LogP contribution < -0.4 is 10.7 Å². The summed E-state index contributed by atoms with van der Waals surface area (Å²) in [5.41, 5.74) is 2.82. The fourth-order valence-corrected chi connectivity index (χ4v) is 3.22. The molecule has 0 saturated heterocycles. The second kappa shape index (κ2) is 8.70. The molecule has 9 heteroatoms. The van der Waals surface area contributed by atoms with Crippen LogP contribution in [-0.2, 0) is 4.79 Å². The van der Waals surface area contributed by atoms with Crippen LogP contribution in [0.25, 0.3) is 10.8 Å². The van der Waals surface area contributed by atoms with Gasteiger partial charge < -0.3 is 10.4 Å². The molecule has 3 rings (SSSR count). The van der Waals surface area contributed by atoms with Crippen molar-refractivity contribution < 1.29 is 14.8 Å². The average molecular weight is 457 g/mol. The van der Waals surface area contributed by atoms with E-state index in [9.17, 15) is 20.0 Å². The van der Waals surface area contributed by atoms with Gasteiger partial charge in [-0.05, 0) is 24.4 Å². The van der Waals surface area contributed by atoms with Crippen LogP contribution in [0.2, 0.25) is 0 Å². The van der Waals surface area contributed by atoms with Gasteiger partial charge in [-0.3, -0.25) is 14.9 Å². The summed E-state index contributed by atoms with van der Waals surface area (Å²) >= 11 is 3.14. The van der Waals surface area contributed by atoms with E-state index in [0.717, 1.165) is 22.7 Å². The van der Waals surface area contributed by atoms with E-state index in [1.807, 2.05) is 42.5 Å². The minimum Gasteiger partial charge on any atom is -0.502 e. The first-order valence-electron chi connectivity index (χ1n) is 8.61. The number of nitro groups is 1. The molecule has 0 fully saturated rings. The molecule has 29 heavy (non-hydrogen) atoms. The predicted molar refractivity (Wildman–Crippen MR) is 115 cm³/mol. The Morgan fingerprint density at radius 1 is 1.24 bits per heavy atom. The molecule has 0 saturated carbocycles. The number of phenolic OH excluding ortho intramolecular Hbond substituents is 1. The first kappa shape index (κ1) is 20.3. The van der Waals surface area contributed by atoms with Crippen LogP contribution in [-0.4, -0.2) is 28.2 Å². The van der Waals surface area contributed by atoms with Crippen molar-refractivity contribution in [1.82, 2.24) is 5.43 Å². The van der Waals surface area contributed by atoms with Crippen LogP contribution in [0.3, 0.4) is 0 Å². The highest BCUT2D eigenvalue weighted by atomic mass is 79.9. The molecule has 0 bridgehead atoms. The third-order valence-electron chi connectivity index (χ3n) is 4.21. The number of anilines is 1. The van der Waals surface area contributed by atoms with Crippen LogP contribution in [0.5, 0.6) is 5.75 Å². The lowest BCUT2D eigenvalue weighted by Crippen LogP contribution is -2.34. The molecular formula is C20H17BrN4O4. The quantitative estimate of drug-likeness (QED) is 0.292. The fraction of sp³-hybridized carbons (Fsp3) is 0.100. The maximum Gasteiger partial charge on any atom is 0.312 e. The van der Waals surface area contributed by atoms with Gasteiger partial charge in [0.2, 0.25) is 5.75 Å². The number of nitro benzene ring substituents is 1. The van der Waals surface area contributed by atoms with Crippen molar-refractivity contribution in [3.8, 4) is 5.75 Å². The topological polar surface area (TPSA) is 117 Å². The first-order chi connectivity index (χ1) is 13.9. The molecule has 0 unspecified atom stereocenters. The van der Waals surface area contributed by atoms with Gasteiger partial charge in [-0.15, -0.1) is 0 Å². The lowest BCUT2D eigenvalue weighted by Gasteiger charge is -2.15. The summed E-state index contributed by atoms with van der Waals surface area (Å²) in [6.45, 7) is 1.69. The van der Waals surface area contributed by atoms with Crippen LogP contribution >= 0.6 is 15.9 Å². The number of amides is 1. The third kappa shape index (κ3) is 4.69. The number of hydrazone groups is 1. The van der Waals surface area contributed by atoms with Crippen molar-refractivity contribution in [2.45, 2.75) is 13.0 Å². The van der Waals surface area contributed by atoms with Gasteiger partial charge in [0.15, 0.2) is 0 Å². The van der Waals surface area contributed by atoms with Gasteiger partial charge in [0.05, 0.1) is 11.1 Å². The summed E-state index contributed by atoms with van der Waals surface area (Å²) in [6, 6.07) is 15.6. The van der Waals surface area contributed by atoms with E-state index in [0.29, 0.717) is 4.47 Å². The van der Waals surface area contributed by atoms with Crippen molar-refractivity contribution >= 4 is 50.2 Å². The zero-order valence-corrected chi connectivity index (χ0v) is 16.9. The summed E-state index contributed by atoms with van der Waals surface area (Å²) in [7, 11) is 0. The molecule has 148 valence electrons. The zero-order chi connectivity index (χ0) is 21.0. The lowest BCUT2D eigenvalue weighted by atomic mass is 10.1. The minimum absolute atomic E-state index is 0.0982. The number of halogens is 1. The van der Waals surface area contributed by atoms with Crippen molar-refractivity contribution in [2.24, 2.45) is 5.10 Å². The number of carbonyl (C=O) groups excluding carboxylic acids is 1. The Morgan fingerprint density at radius 2 is 1.97 bits per heavy atom. The second-order valence-electron chi connectivity index (χ2n) is 6.25. The Labute approximate surface area is 174 Å². The van der Waals surface area contributed by atoms with Crippen LogP contribution in [0.15, 0.2) is 64.2 Å². The third-order valence-corrected chi connectivity index (χ3v) is 4.67. The zero-order valence-electron chi connectivity index (χ0n) is 15.3. The molecule has 0 radical (unpaired) electrons. The molecule has 0 aliphatic rings. The molecule has 0 aliphatic heterocycles. The largest absolute Gasteiger partial charge is 0.502 e. The van der Waals surface area contributed by atoms with Gasteiger partial charge in [0.1, 0.15) is 6.04 Å². The number of hydrogen-bond donors (Lipinski definition) is 3. The molecule has 0 aromatic heterocycles. The van der Waals surface area contributed by atoms with Gasteiger partial charge in [-0.2, -0.15) is 5.10 Å². The second-order valence-corrected chi connectivity index (χ2v) is 7.16. The summed E-state index contributed by atoms with van der Waals surface area (Å²) in [6.07, 6.45) is 1.15. The monoisotopic (exact) mass is 456 g/mol. The Kier molecular flexibility index (Phi) is 6.08. The molecule has 3 N–H and O–H groups in total. The Morgan fingerprint density at radius 3 is 2.72 bits per heavy atom. The van der Waals surface area contributed by atoms with Gasteiger partial charge in [-0.25, -0.2) is 5.43 Å². The van der Waals surface area contributed by atoms with Crippen molar-refractivity contribution in [3.63, 3.8) is 0 Å². The number of aromatic hydroxyl groups is 1. The number of carbonyl (C=O) groups is 1. The van der Waals surface area contributed by atoms with E-state index in [-0.39, 0.29) is 5.56 Å². The van der Waals surface area contributed by atoms with Gasteiger partial charge in [-0.1, -0.05) is 52.3 Å². The van der Waals surface area contributed by atoms with E-state index < -0.39 is 28.3 Å². The number of rotatable bonds is 6. The normalized spacial score (nSPS) is 12.1. The maximum absolute atomic E-state index is 12.3. The SMILES string of the molecule is C[C@H](Nc1cccc2ccccc12)C(=O)N/N=C\c1cc(Br)cc([N+](=O)[O-])c1O. The number of fused-ring (bicyclic) bond motifs is 1. The van der Waals surface area contributed by atoms with Crippen molar-refractivity contribution in [1.29, 1.82) is 0 Å². The average Bonchev–Trinajstić information content (AvgIpc) is 2.70. The number of nitrogens with zero attached hydrogens (tertiary/aromatic N) is 2. The molecule has 3 aromatic rings. The summed E-state index contributed by atoms with van der Waals surface area (Å²) in [5, 5.41) is 29.9. The molecule has 0 spiro atoms. The first-order valence-corrected chi connectivity index (χ1v) is 9.40. The van der Waals surface area contributed by atoms with E-state index in [1.165, 1.54) is 12.1 Å². The fourth-order valence-electron chi connectivity index (χ4n) is 2.76. The van der Waals surface area contributed by atoms with Gasteiger partial charge in [0.25, 0.3) is 5.91 Å². The van der Waals surface area contributed by atoms with E-state index >= 15 is 0 Å². The Bertz CT molecular complexity index is 1110. The van der Waals surface area contributed by atoms with Crippen LogP contribution in [0.4, 0.5) is 11.4 Å². The van der Waals surface area contributed by atoms with Crippen LogP contribution in [0, 0.1) is 10.1 Å². The summed E-state index contributed by atoms with van der Waals surface area (Å²) in [4.78, 5) is 22.6. The number of benzene rings is 3. The molecule has 8 nitrogen and oxygen atoms in total.